The minimum absolute atomic E-state index is 0.222. The molecule has 1 N–H and O–H groups in total. The average molecular weight is 272 g/mol. The van der Waals surface area contributed by atoms with E-state index in [2.05, 4.69) is 16.3 Å². The zero-order chi connectivity index (χ0) is 13.9. The van der Waals surface area contributed by atoms with Crippen LogP contribution in [-0.4, -0.2) is 20.2 Å². The van der Waals surface area contributed by atoms with Crippen LogP contribution >= 0.6 is 0 Å². The van der Waals surface area contributed by atoms with Gasteiger partial charge in [0.15, 0.2) is 0 Å². The van der Waals surface area contributed by atoms with Gasteiger partial charge in [-0.2, -0.15) is 0 Å². The molecule has 0 aliphatic carbocycles. The summed E-state index contributed by atoms with van der Waals surface area (Å²) in [7, 11) is 1.54. The van der Waals surface area contributed by atoms with Gasteiger partial charge in [-0.25, -0.2) is 4.39 Å². The maximum atomic E-state index is 14.0. The van der Waals surface area contributed by atoms with E-state index >= 15 is 0 Å². The van der Waals surface area contributed by atoms with Gasteiger partial charge in [0.05, 0.1) is 18.5 Å². The Morgan fingerprint density at radius 2 is 2.10 bits per heavy atom. The Labute approximate surface area is 118 Å². The van der Waals surface area contributed by atoms with E-state index in [0.717, 1.165) is 24.5 Å². The van der Waals surface area contributed by atoms with Crippen LogP contribution < -0.4 is 15.0 Å². The highest BCUT2D eigenvalue weighted by Gasteiger charge is 2.17. The summed E-state index contributed by atoms with van der Waals surface area (Å²) in [6.45, 7) is 2.30. The molecule has 0 bridgehead atoms. The monoisotopic (exact) mass is 272 g/mol. The number of hydrogen-bond acceptors (Lipinski definition) is 3. The van der Waals surface area contributed by atoms with E-state index in [-0.39, 0.29) is 5.82 Å². The molecular weight excluding hydrogens is 255 g/mol. The van der Waals surface area contributed by atoms with Crippen LogP contribution in [0, 0.1) is 5.82 Å². The first kappa shape index (κ1) is 12.8. The molecule has 0 amide bonds. The van der Waals surface area contributed by atoms with Crippen LogP contribution in [0.2, 0.25) is 0 Å². The van der Waals surface area contributed by atoms with Gasteiger partial charge in [-0.1, -0.05) is 18.2 Å². The molecular formula is C16H17FN2O. The van der Waals surface area contributed by atoms with Gasteiger partial charge in [-0.3, -0.25) is 0 Å². The number of fused-ring (bicyclic) bond motifs is 1. The lowest BCUT2D eigenvalue weighted by atomic mass is 10.1. The SMILES string of the molecule is COc1ccc(CN2CCNc3ccccc32)c(F)c1. The number of nitrogens with zero attached hydrogens (tertiary/aromatic N) is 1. The topological polar surface area (TPSA) is 24.5 Å². The molecule has 0 spiro atoms. The van der Waals surface area contributed by atoms with Gasteiger partial charge >= 0.3 is 0 Å². The Hall–Kier alpha value is -2.23. The lowest BCUT2D eigenvalue weighted by Crippen LogP contribution is -2.33. The van der Waals surface area contributed by atoms with Crippen molar-refractivity contribution in [3.8, 4) is 5.75 Å². The van der Waals surface area contributed by atoms with Crippen molar-refractivity contribution in [3.63, 3.8) is 0 Å². The van der Waals surface area contributed by atoms with Crippen LogP contribution in [0.15, 0.2) is 42.5 Å². The van der Waals surface area contributed by atoms with E-state index in [0.29, 0.717) is 17.9 Å². The maximum absolute atomic E-state index is 14.0. The first-order chi connectivity index (χ1) is 9.78. The van der Waals surface area contributed by atoms with Crippen molar-refractivity contribution < 1.29 is 9.13 Å². The Morgan fingerprint density at radius 3 is 2.90 bits per heavy atom. The number of benzene rings is 2. The average Bonchev–Trinajstić information content (AvgIpc) is 2.49. The highest BCUT2D eigenvalue weighted by Crippen LogP contribution is 2.30. The van der Waals surface area contributed by atoms with E-state index in [1.54, 1.807) is 19.2 Å². The van der Waals surface area contributed by atoms with Crippen molar-refractivity contribution in [2.24, 2.45) is 0 Å². The first-order valence-corrected chi connectivity index (χ1v) is 6.68. The van der Waals surface area contributed by atoms with Gasteiger partial charge in [-0.05, 0) is 18.2 Å². The normalized spacial score (nSPS) is 13.6. The molecule has 3 nitrogen and oxygen atoms in total. The van der Waals surface area contributed by atoms with E-state index in [1.165, 1.54) is 6.07 Å². The van der Waals surface area contributed by atoms with Crippen molar-refractivity contribution in [2.75, 3.05) is 30.4 Å². The van der Waals surface area contributed by atoms with Gasteiger partial charge < -0.3 is 15.0 Å². The Balaban J connectivity index is 1.85. The second-order valence-corrected chi connectivity index (χ2v) is 4.82. The second kappa shape index (κ2) is 5.41. The zero-order valence-corrected chi connectivity index (χ0v) is 11.4. The molecule has 2 aromatic rings. The Kier molecular flexibility index (Phi) is 3.46. The van der Waals surface area contributed by atoms with Crippen LogP contribution in [0.25, 0.3) is 0 Å². The third kappa shape index (κ3) is 2.41. The third-order valence-electron chi connectivity index (χ3n) is 3.56. The van der Waals surface area contributed by atoms with Crippen LogP contribution in [0.3, 0.4) is 0 Å². The second-order valence-electron chi connectivity index (χ2n) is 4.82. The molecule has 20 heavy (non-hydrogen) atoms. The number of halogens is 1. The molecule has 104 valence electrons. The fourth-order valence-corrected chi connectivity index (χ4v) is 2.50. The van der Waals surface area contributed by atoms with E-state index in [1.807, 2.05) is 18.2 Å². The summed E-state index contributed by atoms with van der Waals surface area (Å²) in [6, 6.07) is 13.1. The predicted molar refractivity (Wildman–Crippen MR) is 78.9 cm³/mol. The molecule has 0 unspecified atom stereocenters. The molecule has 0 atom stereocenters. The van der Waals surface area contributed by atoms with Gasteiger partial charge in [0, 0.05) is 31.3 Å². The minimum Gasteiger partial charge on any atom is -0.497 e. The summed E-state index contributed by atoms with van der Waals surface area (Å²) < 4.78 is 19.1. The van der Waals surface area contributed by atoms with Gasteiger partial charge in [0.1, 0.15) is 11.6 Å². The number of methoxy groups -OCH3 is 1. The van der Waals surface area contributed by atoms with Gasteiger partial charge in [-0.15, -0.1) is 0 Å². The fraction of sp³-hybridized carbons (Fsp3) is 0.250. The number of ether oxygens (including phenoxy) is 1. The standard InChI is InChI=1S/C16H17FN2O/c1-20-13-7-6-12(14(17)10-13)11-19-9-8-18-15-4-2-3-5-16(15)19/h2-7,10,18H,8-9,11H2,1H3. The number of hydrogen-bond donors (Lipinski definition) is 1. The van der Waals surface area contributed by atoms with Gasteiger partial charge in [0.2, 0.25) is 0 Å². The first-order valence-electron chi connectivity index (χ1n) is 6.68. The molecule has 1 heterocycles. The predicted octanol–water partition coefficient (Wildman–Crippen LogP) is 3.27. The van der Waals surface area contributed by atoms with E-state index in [9.17, 15) is 4.39 Å². The maximum Gasteiger partial charge on any atom is 0.131 e. The third-order valence-corrected chi connectivity index (χ3v) is 3.56. The zero-order valence-electron chi connectivity index (χ0n) is 11.4. The molecule has 0 saturated carbocycles. The van der Waals surface area contributed by atoms with Crippen LogP contribution in [-0.2, 0) is 6.54 Å². The summed E-state index contributed by atoms with van der Waals surface area (Å²) in [4.78, 5) is 2.19. The fourth-order valence-electron chi connectivity index (χ4n) is 2.50. The Morgan fingerprint density at radius 1 is 1.25 bits per heavy atom. The van der Waals surface area contributed by atoms with Crippen LogP contribution in [0.1, 0.15) is 5.56 Å². The highest BCUT2D eigenvalue weighted by molar-refractivity contribution is 5.71. The summed E-state index contributed by atoms with van der Waals surface area (Å²) in [6.07, 6.45) is 0. The Bertz CT molecular complexity index is 615. The largest absolute Gasteiger partial charge is 0.497 e. The summed E-state index contributed by atoms with van der Waals surface area (Å²) in [5, 5.41) is 3.36. The highest BCUT2D eigenvalue weighted by atomic mass is 19.1. The van der Waals surface area contributed by atoms with Crippen molar-refractivity contribution >= 4 is 11.4 Å². The molecule has 2 aromatic carbocycles. The lowest BCUT2D eigenvalue weighted by molar-refractivity contribution is 0.410. The lowest BCUT2D eigenvalue weighted by Gasteiger charge is -2.32. The molecule has 1 aliphatic rings. The molecule has 0 fully saturated rings. The molecule has 0 aromatic heterocycles. The van der Waals surface area contributed by atoms with Crippen LogP contribution in [0.4, 0.5) is 15.8 Å². The molecule has 3 rings (SSSR count). The number of para-hydroxylation sites is 2. The van der Waals surface area contributed by atoms with Crippen molar-refractivity contribution in [1.29, 1.82) is 0 Å². The molecule has 0 radical (unpaired) electrons. The molecule has 4 heteroatoms. The smallest absolute Gasteiger partial charge is 0.131 e. The van der Waals surface area contributed by atoms with Crippen molar-refractivity contribution in [1.82, 2.24) is 0 Å². The van der Waals surface area contributed by atoms with E-state index < -0.39 is 0 Å². The van der Waals surface area contributed by atoms with Gasteiger partial charge in [0.25, 0.3) is 0 Å². The number of rotatable bonds is 3. The summed E-state index contributed by atoms with van der Waals surface area (Å²) >= 11 is 0. The quantitative estimate of drug-likeness (QED) is 0.928. The molecule has 0 saturated heterocycles. The van der Waals surface area contributed by atoms with Crippen molar-refractivity contribution in [3.05, 3.63) is 53.8 Å². The number of nitrogens with one attached hydrogen (secondary N) is 1. The minimum atomic E-state index is -0.222. The van der Waals surface area contributed by atoms with Crippen LogP contribution in [0.5, 0.6) is 5.75 Å². The summed E-state index contributed by atoms with van der Waals surface area (Å²) in [5.41, 5.74) is 2.91. The van der Waals surface area contributed by atoms with E-state index in [4.69, 9.17) is 4.74 Å². The number of anilines is 2. The van der Waals surface area contributed by atoms with Crippen molar-refractivity contribution in [2.45, 2.75) is 6.54 Å². The molecule has 1 aliphatic heterocycles. The summed E-state index contributed by atoms with van der Waals surface area (Å²) in [5.74, 6) is 0.326.